The highest BCUT2D eigenvalue weighted by Gasteiger charge is 2.61. The highest BCUT2D eigenvalue weighted by molar-refractivity contribution is 5.23. The summed E-state index contributed by atoms with van der Waals surface area (Å²) in [5.41, 5.74) is 2.96. The van der Waals surface area contributed by atoms with E-state index in [-0.39, 0.29) is 0 Å². The molecule has 4 aliphatic rings. The molecule has 0 aromatic carbocycles. The molecule has 8 unspecified atom stereocenters. The van der Waals surface area contributed by atoms with Gasteiger partial charge in [-0.1, -0.05) is 45.8 Å². The van der Waals surface area contributed by atoms with E-state index in [1.165, 1.54) is 57.8 Å². The minimum Gasteiger partial charge on any atom is -0.396 e. The summed E-state index contributed by atoms with van der Waals surface area (Å²) in [6.45, 7) is 10.1. The van der Waals surface area contributed by atoms with Gasteiger partial charge in [0.1, 0.15) is 0 Å². The maximum atomic E-state index is 9.73. The van der Waals surface area contributed by atoms with Crippen LogP contribution in [0, 0.1) is 46.3 Å². The molecule has 4 rings (SSSR count). The molecule has 1 nitrogen and oxygen atoms in total. The van der Waals surface area contributed by atoms with Crippen LogP contribution in [0.1, 0.15) is 85.5 Å². The van der Waals surface area contributed by atoms with Gasteiger partial charge in [-0.25, -0.2) is 0 Å². The molecular weight excluding hydrogens is 304 g/mol. The summed E-state index contributed by atoms with van der Waals surface area (Å²) in [7, 11) is 0. The lowest BCUT2D eigenvalue weighted by atomic mass is 9.61. The third kappa shape index (κ3) is 2.75. The van der Waals surface area contributed by atoms with E-state index in [1.807, 2.05) is 5.57 Å². The number of allylic oxidation sites excluding steroid dienone is 2. The molecule has 0 saturated heterocycles. The predicted octanol–water partition coefficient (Wildman–Crippen LogP) is 6.22. The zero-order chi connectivity index (χ0) is 17.8. The Labute approximate surface area is 155 Å². The molecule has 1 heteroatoms. The van der Waals surface area contributed by atoms with Gasteiger partial charge >= 0.3 is 0 Å². The van der Waals surface area contributed by atoms with Crippen molar-refractivity contribution in [2.45, 2.75) is 85.5 Å². The highest BCUT2D eigenvalue weighted by atomic mass is 16.3. The van der Waals surface area contributed by atoms with Gasteiger partial charge < -0.3 is 5.11 Å². The van der Waals surface area contributed by atoms with Gasteiger partial charge in [-0.05, 0) is 97.7 Å². The lowest BCUT2D eigenvalue weighted by Crippen LogP contribution is -2.37. The Hall–Kier alpha value is -0.300. The van der Waals surface area contributed by atoms with Crippen LogP contribution in [0.15, 0.2) is 11.6 Å². The van der Waals surface area contributed by atoms with Gasteiger partial charge in [0.15, 0.2) is 0 Å². The Morgan fingerprint density at radius 2 is 2.04 bits per heavy atom. The Morgan fingerprint density at radius 3 is 2.72 bits per heavy atom. The van der Waals surface area contributed by atoms with Crippen molar-refractivity contribution in [1.29, 1.82) is 0 Å². The maximum absolute atomic E-state index is 9.73. The summed E-state index contributed by atoms with van der Waals surface area (Å²) < 4.78 is 0. The number of rotatable bonds is 5. The zero-order valence-electron chi connectivity index (χ0n) is 17.1. The summed E-state index contributed by atoms with van der Waals surface area (Å²) in [4.78, 5) is 0. The van der Waals surface area contributed by atoms with Crippen molar-refractivity contribution in [3.8, 4) is 0 Å². The first-order valence-electron chi connectivity index (χ1n) is 11.3. The molecule has 4 saturated carbocycles. The van der Waals surface area contributed by atoms with Crippen molar-refractivity contribution in [2.75, 3.05) is 6.61 Å². The van der Waals surface area contributed by atoms with Crippen LogP contribution < -0.4 is 0 Å². The monoisotopic (exact) mass is 344 g/mol. The minimum absolute atomic E-state index is 0.367. The second-order valence-electron chi connectivity index (χ2n) is 10.6. The SMILES string of the molecule is CCC1CC2CC2(C(C)C=C2CCCC3(C)C2CCC3C(C)CO)C1. The third-order valence-electron chi connectivity index (χ3n) is 9.53. The predicted molar refractivity (Wildman–Crippen MR) is 105 cm³/mol. The molecule has 1 N–H and O–H groups in total. The fourth-order valence-electron chi connectivity index (χ4n) is 7.87. The van der Waals surface area contributed by atoms with Crippen molar-refractivity contribution >= 4 is 0 Å². The molecule has 8 atom stereocenters. The molecule has 0 aliphatic heterocycles. The molecule has 0 spiro atoms. The van der Waals surface area contributed by atoms with E-state index in [0.29, 0.717) is 23.4 Å². The van der Waals surface area contributed by atoms with Crippen LogP contribution in [0.3, 0.4) is 0 Å². The zero-order valence-corrected chi connectivity index (χ0v) is 17.1. The van der Waals surface area contributed by atoms with Crippen LogP contribution in [0.4, 0.5) is 0 Å². The van der Waals surface area contributed by atoms with Gasteiger partial charge in [-0.15, -0.1) is 0 Å². The van der Waals surface area contributed by atoms with Crippen LogP contribution in [-0.4, -0.2) is 11.7 Å². The second kappa shape index (κ2) is 6.39. The molecule has 0 aromatic heterocycles. The fourth-order valence-corrected chi connectivity index (χ4v) is 7.87. The smallest absolute Gasteiger partial charge is 0.0459 e. The van der Waals surface area contributed by atoms with Crippen molar-refractivity contribution < 1.29 is 5.11 Å². The lowest BCUT2D eigenvalue weighted by molar-refractivity contribution is 0.0685. The summed E-state index contributed by atoms with van der Waals surface area (Å²) in [5.74, 6) is 4.85. The molecule has 25 heavy (non-hydrogen) atoms. The van der Waals surface area contributed by atoms with Crippen LogP contribution in [0.25, 0.3) is 0 Å². The van der Waals surface area contributed by atoms with E-state index < -0.39 is 0 Å². The Bertz CT molecular complexity index is 536. The maximum Gasteiger partial charge on any atom is 0.0459 e. The van der Waals surface area contributed by atoms with Gasteiger partial charge in [0.05, 0.1) is 0 Å². The molecule has 4 fully saturated rings. The van der Waals surface area contributed by atoms with Crippen molar-refractivity contribution in [1.82, 2.24) is 0 Å². The number of aliphatic hydroxyl groups is 1. The van der Waals surface area contributed by atoms with E-state index in [0.717, 1.165) is 29.6 Å². The number of aliphatic hydroxyl groups excluding tert-OH is 1. The molecule has 4 aliphatic carbocycles. The first-order valence-corrected chi connectivity index (χ1v) is 11.3. The second-order valence-corrected chi connectivity index (χ2v) is 10.6. The standard InChI is InChI=1S/C24H40O/c1-5-18-12-20-14-24(20,13-18)17(3)11-19-7-6-10-23(4)21(16(2)15-25)8-9-22(19)23/h11,16-18,20-22,25H,5-10,12-15H2,1-4H3. The molecule has 0 bridgehead atoms. The average molecular weight is 345 g/mol. The van der Waals surface area contributed by atoms with Crippen LogP contribution in [0.5, 0.6) is 0 Å². The lowest BCUT2D eigenvalue weighted by Gasteiger charge is -2.44. The van der Waals surface area contributed by atoms with Gasteiger partial charge in [0.2, 0.25) is 0 Å². The summed E-state index contributed by atoms with van der Waals surface area (Å²) in [6, 6.07) is 0. The summed E-state index contributed by atoms with van der Waals surface area (Å²) in [6.07, 6.45) is 15.5. The van der Waals surface area contributed by atoms with E-state index in [1.54, 1.807) is 0 Å². The first kappa shape index (κ1) is 18.1. The molecule has 0 aromatic rings. The topological polar surface area (TPSA) is 20.2 Å². The summed E-state index contributed by atoms with van der Waals surface area (Å²) >= 11 is 0. The van der Waals surface area contributed by atoms with Gasteiger partial charge in [0.25, 0.3) is 0 Å². The van der Waals surface area contributed by atoms with E-state index >= 15 is 0 Å². The Morgan fingerprint density at radius 1 is 1.24 bits per heavy atom. The largest absolute Gasteiger partial charge is 0.396 e. The van der Waals surface area contributed by atoms with E-state index in [2.05, 4.69) is 33.8 Å². The molecule has 142 valence electrons. The van der Waals surface area contributed by atoms with Crippen LogP contribution in [-0.2, 0) is 0 Å². The molecule has 0 radical (unpaired) electrons. The Kier molecular flexibility index (Phi) is 4.63. The Balaban J connectivity index is 1.52. The quantitative estimate of drug-likeness (QED) is 0.587. The molecule has 0 amide bonds. The number of fused-ring (bicyclic) bond motifs is 2. The van der Waals surface area contributed by atoms with E-state index in [4.69, 9.17) is 0 Å². The summed E-state index contributed by atoms with van der Waals surface area (Å²) in [5, 5.41) is 9.73. The molecular formula is C24H40O. The van der Waals surface area contributed by atoms with Crippen molar-refractivity contribution in [3.05, 3.63) is 11.6 Å². The van der Waals surface area contributed by atoms with Gasteiger partial charge in [-0.2, -0.15) is 0 Å². The van der Waals surface area contributed by atoms with Gasteiger partial charge in [-0.3, -0.25) is 0 Å². The number of hydrogen-bond acceptors (Lipinski definition) is 1. The van der Waals surface area contributed by atoms with Crippen molar-refractivity contribution in [2.24, 2.45) is 46.3 Å². The third-order valence-corrected chi connectivity index (χ3v) is 9.53. The average Bonchev–Trinajstić information content (AvgIpc) is 2.99. The van der Waals surface area contributed by atoms with Crippen molar-refractivity contribution in [3.63, 3.8) is 0 Å². The fraction of sp³-hybridized carbons (Fsp3) is 0.917. The number of hydrogen-bond donors (Lipinski definition) is 1. The highest BCUT2D eigenvalue weighted by Crippen LogP contribution is 2.70. The van der Waals surface area contributed by atoms with E-state index in [9.17, 15) is 5.11 Å². The normalized spacial score (nSPS) is 49.7. The van der Waals surface area contributed by atoms with Crippen LogP contribution >= 0.6 is 0 Å². The van der Waals surface area contributed by atoms with Crippen LogP contribution in [0.2, 0.25) is 0 Å². The minimum atomic E-state index is 0.367. The first-order chi connectivity index (χ1) is 11.9. The molecule has 0 heterocycles. The van der Waals surface area contributed by atoms with Gasteiger partial charge in [0, 0.05) is 6.61 Å².